The van der Waals surface area contributed by atoms with Crippen molar-refractivity contribution in [1.82, 2.24) is 20.2 Å². The lowest BCUT2D eigenvalue weighted by Gasteiger charge is -2.04. The Morgan fingerprint density at radius 1 is 1.09 bits per heavy atom. The second-order valence-electron chi connectivity index (χ2n) is 4.49. The Morgan fingerprint density at radius 2 is 1.86 bits per heavy atom. The van der Waals surface area contributed by atoms with Gasteiger partial charge in [-0.05, 0) is 41.6 Å². The van der Waals surface area contributed by atoms with E-state index in [1.54, 1.807) is 12.1 Å². The molecular formula is C15H12BrFN4O. The molecule has 0 saturated heterocycles. The van der Waals surface area contributed by atoms with E-state index in [9.17, 15) is 4.39 Å². The van der Waals surface area contributed by atoms with Gasteiger partial charge in [0.15, 0.2) is 0 Å². The van der Waals surface area contributed by atoms with Gasteiger partial charge in [0.2, 0.25) is 5.82 Å². The number of nitrogens with zero attached hydrogens (tertiary/aromatic N) is 4. The molecule has 1 aromatic heterocycles. The van der Waals surface area contributed by atoms with Crippen molar-refractivity contribution in [2.24, 2.45) is 0 Å². The van der Waals surface area contributed by atoms with Crippen LogP contribution in [0.4, 0.5) is 4.39 Å². The highest BCUT2D eigenvalue weighted by Gasteiger charge is 2.08. The first-order chi connectivity index (χ1) is 10.7. The van der Waals surface area contributed by atoms with Crippen molar-refractivity contribution >= 4 is 15.9 Å². The van der Waals surface area contributed by atoms with Gasteiger partial charge in [-0.2, -0.15) is 4.80 Å². The lowest BCUT2D eigenvalue weighted by molar-refractivity contribution is 0.280. The average molecular weight is 363 g/mol. The van der Waals surface area contributed by atoms with Crippen molar-refractivity contribution in [2.75, 3.05) is 6.61 Å². The lowest BCUT2D eigenvalue weighted by atomic mass is 10.2. The normalized spacial score (nSPS) is 10.6. The summed E-state index contributed by atoms with van der Waals surface area (Å²) in [6.07, 6.45) is 0. The number of rotatable bonds is 5. The van der Waals surface area contributed by atoms with Crippen LogP contribution in [0.3, 0.4) is 0 Å². The fraction of sp³-hybridized carbons (Fsp3) is 0.133. The Morgan fingerprint density at radius 3 is 2.64 bits per heavy atom. The number of tetrazole rings is 1. The summed E-state index contributed by atoms with van der Waals surface area (Å²) in [7, 11) is 0. The molecule has 0 atom stereocenters. The molecule has 7 heteroatoms. The molecule has 0 saturated carbocycles. The van der Waals surface area contributed by atoms with Crippen LogP contribution < -0.4 is 4.74 Å². The first-order valence-electron chi connectivity index (χ1n) is 6.63. The molecule has 1 heterocycles. The van der Waals surface area contributed by atoms with Gasteiger partial charge in [0.1, 0.15) is 18.2 Å². The Hall–Kier alpha value is -2.28. The number of aromatic nitrogens is 4. The SMILES string of the molecule is Fc1ccc(OCCn2nnc(-c3ccccc3Br)n2)cc1. The van der Waals surface area contributed by atoms with Crippen LogP contribution in [0.25, 0.3) is 11.4 Å². The molecule has 0 aliphatic carbocycles. The van der Waals surface area contributed by atoms with Gasteiger partial charge < -0.3 is 4.74 Å². The van der Waals surface area contributed by atoms with Gasteiger partial charge in [0.25, 0.3) is 0 Å². The number of hydrogen-bond acceptors (Lipinski definition) is 4. The zero-order valence-electron chi connectivity index (χ0n) is 11.5. The summed E-state index contributed by atoms with van der Waals surface area (Å²) in [5.41, 5.74) is 0.883. The molecular weight excluding hydrogens is 351 g/mol. The van der Waals surface area contributed by atoms with Gasteiger partial charge in [-0.1, -0.05) is 28.1 Å². The minimum Gasteiger partial charge on any atom is -0.492 e. The maximum Gasteiger partial charge on any atom is 0.206 e. The molecule has 0 fully saturated rings. The fourth-order valence-electron chi connectivity index (χ4n) is 1.86. The highest BCUT2D eigenvalue weighted by molar-refractivity contribution is 9.10. The second-order valence-corrected chi connectivity index (χ2v) is 5.35. The van der Waals surface area contributed by atoms with Crippen LogP contribution in [0.1, 0.15) is 0 Å². The van der Waals surface area contributed by atoms with Crippen LogP contribution in [0.5, 0.6) is 5.75 Å². The minimum absolute atomic E-state index is 0.289. The van der Waals surface area contributed by atoms with Gasteiger partial charge in [0, 0.05) is 10.0 Å². The first kappa shape index (κ1) is 14.6. The zero-order chi connectivity index (χ0) is 15.4. The van der Waals surface area contributed by atoms with Crippen LogP contribution in [0.15, 0.2) is 53.0 Å². The first-order valence-corrected chi connectivity index (χ1v) is 7.43. The summed E-state index contributed by atoms with van der Waals surface area (Å²) < 4.78 is 19.2. The largest absolute Gasteiger partial charge is 0.492 e. The third-order valence-electron chi connectivity index (χ3n) is 2.94. The summed E-state index contributed by atoms with van der Waals surface area (Å²) in [5.74, 6) is 0.866. The number of ether oxygens (including phenoxy) is 1. The van der Waals surface area contributed by atoms with Crippen LogP contribution in [0.2, 0.25) is 0 Å². The quantitative estimate of drug-likeness (QED) is 0.698. The molecule has 3 aromatic rings. The molecule has 0 unspecified atom stereocenters. The molecule has 0 bridgehead atoms. The van der Waals surface area contributed by atoms with Crippen molar-refractivity contribution < 1.29 is 9.13 Å². The molecule has 5 nitrogen and oxygen atoms in total. The molecule has 2 aromatic carbocycles. The van der Waals surface area contributed by atoms with Gasteiger partial charge >= 0.3 is 0 Å². The summed E-state index contributed by atoms with van der Waals surface area (Å²) in [6, 6.07) is 13.6. The standard InChI is InChI=1S/C15H12BrFN4O/c16-14-4-2-1-3-13(14)15-18-20-21(19-15)9-10-22-12-7-5-11(17)6-8-12/h1-8H,9-10H2. The Bertz CT molecular complexity index is 760. The molecule has 0 N–H and O–H groups in total. The third-order valence-corrected chi connectivity index (χ3v) is 3.63. The summed E-state index contributed by atoms with van der Waals surface area (Å²) in [5, 5.41) is 12.3. The van der Waals surface area contributed by atoms with Crippen molar-refractivity contribution in [1.29, 1.82) is 0 Å². The van der Waals surface area contributed by atoms with Crippen LogP contribution in [0, 0.1) is 5.82 Å². The second kappa shape index (κ2) is 6.65. The van der Waals surface area contributed by atoms with E-state index < -0.39 is 0 Å². The Kier molecular flexibility index (Phi) is 4.43. The highest BCUT2D eigenvalue weighted by atomic mass is 79.9. The molecule has 0 spiro atoms. The van der Waals surface area contributed by atoms with Gasteiger partial charge in [-0.25, -0.2) is 4.39 Å². The number of halogens is 2. The molecule has 0 aliphatic rings. The smallest absolute Gasteiger partial charge is 0.206 e. The maximum absolute atomic E-state index is 12.8. The predicted octanol–water partition coefficient (Wildman–Crippen LogP) is 3.32. The molecule has 112 valence electrons. The van der Waals surface area contributed by atoms with E-state index in [4.69, 9.17) is 4.74 Å². The predicted molar refractivity (Wildman–Crippen MR) is 82.8 cm³/mol. The average Bonchev–Trinajstić information content (AvgIpc) is 2.98. The van der Waals surface area contributed by atoms with Crippen LogP contribution >= 0.6 is 15.9 Å². The van der Waals surface area contributed by atoms with E-state index in [2.05, 4.69) is 31.3 Å². The molecule has 0 radical (unpaired) electrons. The Balaban J connectivity index is 1.60. The van der Waals surface area contributed by atoms with Gasteiger partial charge in [-0.15, -0.1) is 10.2 Å². The third kappa shape index (κ3) is 3.48. The topological polar surface area (TPSA) is 52.8 Å². The fourth-order valence-corrected chi connectivity index (χ4v) is 2.33. The molecule has 3 rings (SSSR count). The molecule has 0 aliphatic heterocycles. The summed E-state index contributed by atoms with van der Waals surface area (Å²) in [4.78, 5) is 1.47. The maximum atomic E-state index is 12.8. The lowest BCUT2D eigenvalue weighted by Crippen LogP contribution is -2.11. The van der Waals surface area contributed by atoms with E-state index >= 15 is 0 Å². The minimum atomic E-state index is -0.289. The van der Waals surface area contributed by atoms with Crippen LogP contribution in [-0.2, 0) is 6.54 Å². The summed E-state index contributed by atoms with van der Waals surface area (Å²) >= 11 is 3.46. The molecule has 0 amide bonds. The highest BCUT2D eigenvalue weighted by Crippen LogP contribution is 2.24. The number of hydrogen-bond donors (Lipinski definition) is 0. The van der Waals surface area contributed by atoms with Gasteiger partial charge in [0.05, 0.1) is 6.54 Å². The van der Waals surface area contributed by atoms with Gasteiger partial charge in [-0.3, -0.25) is 0 Å². The van der Waals surface area contributed by atoms with E-state index in [0.717, 1.165) is 10.0 Å². The van der Waals surface area contributed by atoms with Crippen molar-refractivity contribution in [3.05, 3.63) is 58.8 Å². The molecule has 22 heavy (non-hydrogen) atoms. The van der Waals surface area contributed by atoms with E-state index in [1.165, 1.54) is 16.9 Å². The van der Waals surface area contributed by atoms with Crippen molar-refractivity contribution in [3.63, 3.8) is 0 Å². The Labute approximate surface area is 134 Å². The summed E-state index contributed by atoms with van der Waals surface area (Å²) in [6.45, 7) is 0.826. The van der Waals surface area contributed by atoms with Crippen molar-refractivity contribution in [3.8, 4) is 17.1 Å². The zero-order valence-corrected chi connectivity index (χ0v) is 13.1. The van der Waals surface area contributed by atoms with Crippen LogP contribution in [-0.4, -0.2) is 26.8 Å². The van der Waals surface area contributed by atoms with E-state index in [0.29, 0.717) is 24.7 Å². The van der Waals surface area contributed by atoms with E-state index in [1.807, 2.05) is 24.3 Å². The van der Waals surface area contributed by atoms with E-state index in [-0.39, 0.29) is 5.82 Å². The van der Waals surface area contributed by atoms with Crippen molar-refractivity contribution in [2.45, 2.75) is 6.54 Å². The monoisotopic (exact) mass is 362 g/mol. The number of benzene rings is 2.